The molecule has 0 unspecified atom stereocenters. The summed E-state index contributed by atoms with van der Waals surface area (Å²) < 4.78 is 27.2. The molecule has 7 saturated heterocycles. The Bertz CT molecular complexity index is 1130. The van der Waals surface area contributed by atoms with Crippen LogP contribution in [0.3, 0.4) is 0 Å². The molecule has 1 N–H and O–H groups in total. The van der Waals surface area contributed by atoms with Gasteiger partial charge in [0.2, 0.25) is 0 Å². The van der Waals surface area contributed by atoms with Crippen molar-refractivity contribution in [3.05, 3.63) is 0 Å². The van der Waals surface area contributed by atoms with E-state index in [2.05, 4.69) is 137 Å². The molecule has 0 aromatic carbocycles. The highest BCUT2D eigenvalue weighted by Gasteiger charge is 2.23. The van der Waals surface area contributed by atoms with Crippen LogP contribution in [-0.4, -0.2) is 220 Å². The first-order valence-corrected chi connectivity index (χ1v) is 27.7. The molecular formula is C50H106N8O4S. The van der Waals surface area contributed by atoms with Gasteiger partial charge in [0.15, 0.2) is 9.84 Å². The highest BCUT2D eigenvalue weighted by atomic mass is 32.2. The Kier molecular flexibility index (Phi) is 33.0. The standard InChI is InChI=1S/C8H15NO.C8H17N.C7H16N2.C7H15NO2S.C7H15NO.C7H15N.C6H13N/c1-7(2)9-5-3-8(10)4-6-9;1-8(2)9-6-4-3-5-7-9;1-7(2)9-5-3-8-4-6-9;1-7(2)8-3-5-11(9,10)6-4-8;1-7(2)8-3-5-9-6-4-8;1-7(2)8-5-3-4-6-8;1-6(2)7-4-3-5-7/h7H,3-6H2,1-2H3;8H,3-7H2,1-2H3;7-8H,3-6H2,1-2H3;7H,3-6H2,1-2H3;7H,3-6H2,1-2H3;7H,3-6H2,1-2H3;6H,3-5H2,1-2H3. The van der Waals surface area contributed by atoms with E-state index in [0.29, 0.717) is 48.5 Å². The van der Waals surface area contributed by atoms with Crippen LogP contribution in [-0.2, 0) is 19.4 Å². The van der Waals surface area contributed by atoms with Crippen molar-refractivity contribution in [2.45, 2.75) is 191 Å². The highest BCUT2D eigenvalue weighted by Crippen LogP contribution is 2.13. The van der Waals surface area contributed by atoms with E-state index >= 15 is 0 Å². The summed E-state index contributed by atoms with van der Waals surface area (Å²) in [5.41, 5.74) is 0. The summed E-state index contributed by atoms with van der Waals surface area (Å²) in [7, 11) is -2.69. The Balaban J connectivity index is 0.000000369. The maximum atomic E-state index is 11.0. The van der Waals surface area contributed by atoms with Crippen molar-refractivity contribution in [1.82, 2.24) is 39.6 Å². The zero-order valence-corrected chi connectivity index (χ0v) is 44.8. The molecule has 0 radical (unpaired) electrons. The Labute approximate surface area is 391 Å². The maximum absolute atomic E-state index is 11.0. The minimum absolute atomic E-state index is 0.338. The van der Waals surface area contributed by atoms with Crippen LogP contribution in [0, 0.1) is 0 Å². The number of Topliss-reactive ketones (excluding diaryl/α,β-unsaturated/α-hetero) is 1. The number of ketones is 1. The van der Waals surface area contributed by atoms with Gasteiger partial charge in [-0.25, -0.2) is 8.42 Å². The quantitative estimate of drug-likeness (QED) is 0.296. The monoisotopic (exact) mass is 915 g/mol. The molecule has 63 heavy (non-hydrogen) atoms. The number of ether oxygens (including phenoxy) is 1. The summed E-state index contributed by atoms with van der Waals surface area (Å²) in [4.78, 5) is 27.8. The normalized spacial score (nSPS) is 23.3. The fourth-order valence-electron chi connectivity index (χ4n) is 8.37. The summed E-state index contributed by atoms with van der Waals surface area (Å²) in [5.74, 6) is 1.10. The van der Waals surface area contributed by atoms with Crippen LogP contribution in [0.25, 0.3) is 0 Å². The predicted octanol–water partition coefficient (Wildman–Crippen LogP) is 6.68. The lowest BCUT2D eigenvalue weighted by Gasteiger charge is -2.34. The summed E-state index contributed by atoms with van der Waals surface area (Å²) in [6, 6.07) is 4.83. The first kappa shape index (κ1) is 60.3. The number of hydrogen-bond acceptors (Lipinski definition) is 12. The Morgan fingerprint density at radius 2 is 0.667 bits per heavy atom. The second-order valence-electron chi connectivity index (χ2n) is 20.6. The van der Waals surface area contributed by atoms with E-state index in [1.54, 1.807) is 0 Å². The first-order chi connectivity index (χ1) is 29.7. The van der Waals surface area contributed by atoms with Gasteiger partial charge >= 0.3 is 0 Å². The minimum atomic E-state index is -2.69. The third-order valence-electron chi connectivity index (χ3n) is 13.5. The number of sulfone groups is 1. The van der Waals surface area contributed by atoms with E-state index in [1.807, 2.05) is 0 Å². The van der Waals surface area contributed by atoms with E-state index in [0.717, 1.165) is 89.5 Å². The van der Waals surface area contributed by atoms with Crippen LogP contribution in [0.4, 0.5) is 0 Å². The molecule has 13 heteroatoms. The van der Waals surface area contributed by atoms with Gasteiger partial charge < -0.3 is 29.7 Å². The molecule has 376 valence electrons. The van der Waals surface area contributed by atoms with Crippen molar-refractivity contribution in [2.24, 2.45) is 0 Å². The lowest BCUT2D eigenvalue weighted by Crippen LogP contribution is -2.46. The predicted molar refractivity (Wildman–Crippen MR) is 271 cm³/mol. The van der Waals surface area contributed by atoms with E-state index < -0.39 is 9.84 Å². The third kappa shape index (κ3) is 28.9. The molecule has 12 nitrogen and oxygen atoms in total. The van der Waals surface area contributed by atoms with Crippen molar-refractivity contribution < 1.29 is 17.9 Å². The van der Waals surface area contributed by atoms with Crippen LogP contribution < -0.4 is 5.32 Å². The Morgan fingerprint density at radius 1 is 0.381 bits per heavy atom. The fourth-order valence-corrected chi connectivity index (χ4v) is 9.60. The lowest BCUT2D eigenvalue weighted by molar-refractivity contribution is -0.121. The summed E-state index contributed by atoms with van der Waals surface area (Å²) >= 11 is 0. The molecule has 7 aliphatic rings. The summed E-state index contributed by atoms with van der Waals surface area (Å²) in [6.45, 7) is 51.3. The second kappa shape index (κ2) is 34.5. The molecule has 0 aromatic heterocycles. The first-order valence-electron chi connectivity index (χ1n) is 25.9. The average molecular weight is 916 g/mol. The lowest BCUT2D eigenvalue weighted by atomic mass is 10.1. The van der Waals surface area contributed by atoms with Gasteiger partial charge in [-0.15, -0.1) is 0 Å². The molecule has 0 aliphatic carbocycles. The van der Waals surface area contributed by atoms with Crippen LogP contribution >= 0.6 is 0 Å². The van der Waals surface area contributed by atoms with E-state index in [9.17, 15) is 13.2 Å². The van der Waals surface area contributed by atoms with Crippen LogP contribution in [0.15, 0.2) is 0 Å². The molecule has 0 aromatic rings. The van der Waals surface area contributed by atoms with E-state index in [4.69, 9.17) is 4.74 Å². The van der Waals surface area contributed by atoms with Gasteiger partial charge in [-0.1, -0.05) is 6.42 Å². The Hall–Kier alpha value is -0.740. The van der Waals surface area contributed by atoms with Crippen molar-refractivity contribution in [2.75, 3.05) is 129 Å². The molecule has 7 heterocycles. The number of likely N-dealkylation sites (tertiary alicyclic amines) is 4. The molecule has 7 aliphatic heterocycles. The smallest absolute Gasteiger partial charge is 0.152 e. The SMILES string of the molecule is CC(C)N1CCC(=O)CC1.CC(C)N1CCC1.CC(C)N1CCCC1.CC(C)N1CCCCC1.CC(C)N1CCNCC1.CC(C)N1CCOCC1.CC(C)N1CCS(=O)(=O)CC1. The second-order valence-corrected chi connectivity index (χ2v) is 22.9. The largest absolute Gasteiger partial charge is 0.379 e. The van der Waals surface area contributed by atoms with Crippen molar-refractivity contribution >= 4 is 15.6 Å². The number of nitrogens with one attached hydrogen (secondary N) is 1. The van der Waals surface area contributed by atoms with Gasteiger partial charge in [0.1, 0.15) is 5.78 Å². The number of hydrogen-bond donors (Lipinski definition) is 1. The Morgan fingerprint density at radius 3 is 0.952 bits per heavy atom. The van der Waals surface area contributed by atoms with Crippen LogP contribution in [0.2, 0.25) is 0 Å². The molecule has 0 atom stereocenters. The molecule has 0 spiro atoms. The number of piperidine rings is 2. The van der Waals surface area contributed by atoms with Gasteiger partial charge in [0, 0.05) is 121 Å². The molecule has 0 bridgehead atoms. The fraction of sp³-hybridized carbons (Fsp3) is 0.980. The number of morpholine rings is 1. The van der Waals surface area contributed by atoms with Gasteiger partial charge in [-0.05, 0) is 168 Å². The van der Waals surface area contributed by atoms with E-state index in [1.165, 1.54) is 90.9 Å². The molecule has 7 fully saturated rings. The van der Waals surface area contributed by atoms with Crippen molar-refractivity contribution in [1.29, 1.82) is 0 Å². The van der Waals surface area contributed by atoms with E-state index in [-0.39, 0.29) is 0 Å². The number of piperazine rings is 1. The van der Waals surface area contributed by atoms with Crippen molar-refractivity contribution in [3.8, 4) is 0 Å². The summed E-state index contributed by atoms with van der Waals surface area (Å²) in [6.07, 6.45) is 10.0. The number of nitrogens with zero attached hydrogens (tertiary/aromatic N) is 7. The number of rotatable bonds is 7. The molecule has 0 saturated carbocycles. The number of carbonyl (C=O) groups is 1. The van der Waals surface area contributed by atoms with Gasteiger partial charge in [0.25, 0.3) is 0 Å². The average Bonchev–Trinajstić information content (AvgIpc) is 3.79. The summed E-state index contributed by atoms with van der Waals surface area (Å²) in [5, 5.41) is 3.33. The zero-order chi connectivity index (χ0) is 47.4. The zero-order valence-electron chi connectivity index (χ0n) is 44.0. The van der Waals surface area contributed by atoms with Gasteiger partial charge in [-0.3, -0.25) is 19.5 Å². The topological polar surface area (TPSA) is 95.2 Å². The van der Waals surface area contributed by atoms with Crippen LogP contribution in [0.5, 0.6) is 0 Å². The maximum Gasteiger partial charge on any atom is 0.152 e. The van der Waals surface area contributed by atoms with Gasteiger partial charge in [-0.2, -0.15) is 0 Å². The van der Waals surface area contributed by atoms with Crippen LogP contribution in [0.1, 0.15) is 148 Å². The third-order valence-corrected chi connectivity index (χ3v) is 15.1. The molecule has 0 amide bonds. The van der Waals surface area contributed by atoms with Gasteiger partial charge in [0.05, 0.1) is 24.7 Å². The minimum Gasteiger partial charge on any atom is -0.379 e. The molecular weight excluding hydrogens is 809 g/mol. The molecule has 7 rings (SSSR count). The van der Waals surface area contributed by atoms with Crippen molar-refractivity contribution in [3.63, 3.8) is 0 Å². The number of carbonyl (C=O) groups excluding carboxylic acids is 1. The highest BCUT2D eigenvalue weighted by molar-refractivity contribution is 7.91.